The monoisotopic (exact) mass is 282 g/mol. The van der Waals surface area contributed by atoms with Gasteiger partial charge in [0, 0.05) is 17.0 Å². The van der Waals surface area contributed by atoms with Crippen LogP contribution in [0.2, 0.25) is 5.02 Å². The lowest BCUT2D eigenvalue weighted by molar-refractivity contribution is -0.143. The number of esters is 1. The van der Waals surface area contributed by atoms with Crippen LogP contribution in [-0.4, -0.2) is 18.4 Å². The Morgan fingerprint density at radius 3 is 2.63 bits per heavy atom. The molecule has 0 aliphatic heterocycles. The van der Waals surface area contributed by atoms with Crippen LogP contribution >= 0.6 is 11.6 Å². The first kappa shape index (κ1) is 15.7. The molecule has 1 aromatic rings. The maximum absolute atomic E-state index is 11.9. The Morgan fingerprint density at radius 1 is 1.26 bits per heavy atom. The second-order valence-electron chi connectivity index (χ2n) is 4.46. The first-order chi connectivity index (χ1) is 9.04. The van der Waals surface area contributed by atoms with Crippen molar-refractivity contribution >= 4 is 23.4 Å². The summed E-state index contributed by atoms with van der Waals surface area (Å²) >= 11 is 5.96. The Labute approximate surface area is 118 Å². The summed E-state index contributed by atoms with van der Waals surface area (Å²) in [6.07, 6.45) is 2.11. The smallest absolute Gasteiger partial charge is 0.306 e. The van der Waals surface area contributed by atoms with E-state index in [4.69, 9.17) is 16.3 Å². The number of carbonyl (C=O) groups is 2. The molecule has 3 nitrogen and oxygen atoms in total. The number of rotatable bonds is 7. The zero-order valence-electron chi connectivity index (χ0n) is 11.4. The molecule has 0 unspecified atom stereocenters. The molecule has 19 heavy (non-hydrogen) atoms. The van der Waals surface area contributed by atoms with Gasteiger partial charge in [0.15, 0.2) is 5.78 Å². The summed E-state index contributed by atoms with van der Waals surface area (Å²) in [6, 6.07) is 5.17. The number of ketones is 1. The Bertz CT molecular complexity index is 455. The second kappa shape index (κ2) is 7.95. The van der Waals surface area contributed by atoms with Gasteiger partial charge < -0.3 is 4.74 Å². The second-order valence-corrected chi connectivity index (χ2v) is 4.87. The lowest BCUT2D eigenvalue weighted by Crippen LogP contribution is -2.09. The predicted molar refractivity (Wildman–Crippen MR) is 75.6 cm³/mol. The van der Waals surface area contributed by atoms with Gasteiger partial charge >= 0.3 is 5.97 Å². The highest BCUT2D eigenvalue weighted by atomic mass is 35.5. The normalized spacial score (nSPS) is 10.3. The van der Waals surface area contributed by atoms with Gasteiger partial charge in [-0.25, -0.2) is 0 Å². The van der Waals surface area contributed by atoms with E-state index in [0.717, 1.165) is 18.4 Å². The first-order valence-corrected chi connectivity index (χ1v) is 6.87. The van der Waals surface area contributed by atoms with Crippen molar-refractivity contribution in [1.82, 2.24) is 0 Å². The van der Waals surface area contributed by atoms with Crippen LogP contribution in [0.5, 0.6) is 0 Å². The number of unbranched alkanes of at least 4 members (excludes halogenated alkanes) is 1. The van der Waals surface area contributed by atoms with Gasteiger partial charge in [-0.15, -0.1) is 0 Å². The van der Waals surface area contributed by atoms with E-state index in [0.29, 0.717) is 17.2 Å². The van der Waals surface area contributed by atoms with E-state index < -0.39 is 0 Å². The molecule has 0 spiro atoms. The van der Waals surface area contributed by atoms with Crippen LogP contribution in [0.3, 0.4) is 0 Å². The van der Waals surface area contributed by atoms with Crippen LogP contribution in [0.1, 0.15) is 48.5 Å². The van der Waals surface area contributed by atoms with E-state index in [2.05, 4.69) is 0 Å². The maximum Gasteiger partial charge on any atom is 0.306 e. The van der Waals surface area contributed by atoms with Crippen LogP contribution in [0.4, 0.5) is 0 Å². The number of hydrogen-bond donors (Lipinski definition) is 0. The molecular weight excluding hydrogens is 264 g/mol. The molecular formula is C15H19ClO3. The molecule has 104 valence electrons. The number of ether oxygens (including phenoxy) is 1. The highest BCUT2D eigenvalue weighted by Gasteiger charge is 2.11. The molecule has 0 saturated carbocycles. The molecule has 0 N–H and O–H groups in total. The molecule has 0 radical (unpaired) electrons. The fourth-order valence-corrected chi connectivity index (χ4v) is 1.71. The number of carbonyl (C=O) groups excluding carboxylic acids is 2. The summed E-state index contributed by atoms with van der Waals surface area (Å²) in [4.78, 5) is 23.3. The minimum Gasteiger partial charge on any atom is -0.466 e. The lowest BCUT2D eigenvalue weighted by atomic mass is 10.1. The van der Waals surface area contributed by atoms with E-state index in [1.807, 2.05) is 13.8 Å². The van der Waals surface area contributed by atoms with Crippen molar-refractivity contribution in [1.29, 1.82) is 0 Å². The molecule has 0 saturated heterocycles. The Kier molecular flexibility index (Phi) is 6.57. The molecule has 0 amide bonds. The molecule has 0 aromatic heterocycles. The molecule has 0 bridgehead atoms. The third kappa shape index (κ3) is 5.43. The quantitative estimate of drug-likeness (QED) is 0.432. The molecule has 0 aliphatic carbocycles. The lowest BCUT2D eigenvalue weighted by Gasteiger charge is -2.05. The van der Waals surface area contributed by atoms with Gasteiger partial charge in [0.1, 0.15) is 0 Å². The largest absolute Gasteiger partial charge is 0.466 e. The van der Waals surface area contributed by atoms with Crippen LogP contribution in [0.25, 0.3) is 0 Å². The van der Waals surface area contributed by atoms with Crippen molar-refractivity contribution in [2.24, 2.45) is 0 Å². The van der Waals surface area contributed by atoms with Gasteiger partial charge in [-0.2, -0.15) is 0 Å². The molecule has 0 aliphatic rings. The van der Waals surface area contributed by atoms with Crippen molar-refractivity contribution in [3.8, 4) is 0 Å². The van der Waals surface area contributed by atoms with Gasteiger partial charge in [0.2, 0.25) is 0 Å². The third-order valence-corrected chi connectivity index (χ3v) is 3.22. The number of benzene rings is 1. The Hall–Kier alpha value is -1.35. The van der Waals surface area contributed by atoms with Crippen molar-refractivity contribution in [3.05, 3.63) is 34.3 Å². The third-order valence-electron chi connectivity index (χ3n) is 2.81. The number of Topliss-reactive ketones (excluding diaryl/α,β-unsaturated/α-hetero) is 1. The first-order valence-electron chi connectivity index (χ1n) is 6.49. The molecule has 0 atom stereocenters. The fraction of sp³-hybridized carbons (Fsp3) is 0.467. The van der Waals surface area contributed by atoms with Gasteiger partial charge in [0.25, 0.3) is 0 Å². The minimum atomic E-state index is -0.319. The standard InChI is InChI=1S/C15H19ClO3/c1-3-4-9-19-15(18)8-7-14(17)12-6-5-11(2)13(16)10-12/h5-6,10H,3-4,7-9H2,1-2H3. The summed E-state index contributed by atoms with van der Waals surface area (Å²) in [7, 11) is 0. The summed E-state index contributed by atoms with van der Waals surface area (Å²) in [6.45, 7) is 4.33. The molecule has 1 aromatic carbocycles. The highest BCUT2D eigenvalue weighted by Crippen LogP contribution is 2.18. The summed E-state index contributed by atoms with van der Waals surface area (Å²) < 4.78 is 4.99. The minimum absolute atomic E-state index is 0.0886. The summed E-state index contributed by atoms with van der Waals surface area (Å²) in [5.41, 5.74) is 1.47. The average molecular weight is 283 g/mol. The van der Waals surface area contributed by atoms with Crippen molar-refractivity contribution in [3.63, 3.8) is 0 Å². The van der Waals surface area contributed by atoms with Crippen LogP contribution in [-0.2, 0) is 9.53 Å². The predicted octanol–water partition coefficient (Wildman–Crippen LogP) is 3.95. The molecule has 0 fully saturated rings. The topological polar surface area (TPSA) is 43.4 Å². The van der Waals surface area contributed by atoms with E-state index in [1.165, 1.54) is 0 Å². The van der Waals surface area contributed by atoms with Crippen LogP contribution in [0.15, 0.2) is 18.2 Å². The molecule has 4 heteroatoms. The SMILES string of the molecule is CCCCOC(=O)CCC(=O)c1ccc(C)c(Cl)c1. The van der Waals surface area contributed by atoms with Crippen LogP contribution in [0, 0.1) is 6.92 Å². The van der Waals surface area contributed by atoms with Gasteiger partial charge in [0.05, 0.1) is 13.0 Å². The van der Waals surface area contributed by atoms with Crippen LogP contribution < -0.4 is 0 Å². The van der Waals surface area contributed by atoms with Crippen molar-refractivity contribution < 1.29 is 14.3 Å². The van der Waals surface area contributed by atoms with Crippen molar-refractivity contribution in [2.75, 3.05) is 6.61 Å². The van der Waals surface area contributed by atoms with Crippen molar-refractivity contribution in [2.45, 2.75) is 39.5 Å². The fourth-order valence-electron chi connectivity index (χ4n) is 1.53. The van der Waals surface area contributed by atoms with Gasteiger partial charge in [-0.3, -0.25) is 9.59 Å². The van der Waals surface area contributed by atoms with Gasteiger partial charge in [-0.05, 0) is 25.0 Å². The molecule has 0 heterocycles. The zero-order valence-corrected chi connectivity index (χ0v) is 12.1. The number of hydrogen-bond acceptors (Lipinski definition) is 3. The Morgan fingerprint density at radius 2 is 2.00 bits per heavy atom. The van der Waals surface area contributed by atoms with Gasteiger partial charge in [-0.1, -0.05) is 37.1 Å². The van der Waals surface area contributed by atoms with E-state index in [1.54, 1.807) is 18.2 Å². The Balaban J connectivity index is 2.42. The highest BCUT2D eigenvalue weighted by molar-refractivity contribution is 6.31. The number of aryl methyl sites for hydroxylation is 1. The average Bonchev–Trinajstić information content (AvgIpc) is 2.39. The zero-order chi connectivity index (χ0) is 14.3. The van der Waals surface area contributed by atoms with E-state index in [-0.39, 0.29) is 24.6 Å². The number of halogens is 1. The molecule has 1 rings (SSSR count). The summed E-state index contributed by atoms with van der Waals surface area (Å²) in [5, 5.41) is 0.566. The maximum atomic E-state index is 11.9. The summed E-state index contributed by atoms with van der Waals surface area (Å²) in [5.74, 6) is -0.408. The van der Waals surface area contributed by atoms with E-state index >= 15 is 0 Å². The van der Waals surface area contributed by atoms with E-state index in [9.17, 15) is 9.59 Å².